The van der Waals surface area contributed by atoms with Crippen LogP contribution in [0.1, 0.15) is 66.0 Å². The molecule has 0 aliphatic carbocycles. The molecule has 0 saturated carbocycles. The smallest absolute Gasteiger partial charge is 0.391 e. The fourth-order valence-electron chi connectivity index (χ4n) is 4.52. The molecule has 2 aromatic heterocycles. The maximum atomic E-state index is 14.8. The molecule has 1 aromatic carbocycles. The van der Waals surface area contributed by atoms with Gasteiger partial charge in [0.1, 0.15) is 24.0 Å². The highest BCUT2D eigenvalue weighted by Gasteiger charge is 2.37. The van der Waals surface area contributed by atoms with Crippen LogP contribution in [0.3, 0.4) is 0 Å². The summed E-state index contributed by atoms with van der Waals surface area (Å²) in [5.41, 5.74) is 1.89. The molecule has 0 amide bonds. The fraction of sp³-hybridized carbons (Fsp3) is 0.524. The molecule has 1 aliphatic rings. The van der Waals surface area contributed by atoms with Gasteiger partial charge in [-0.05, 0) is 49.4 Å². The molecule has 3 aromatic rings. The van der Waals surface area contributed by atoms with E-state index in [1.165, 1.54) is 10.4 Å². The first-order chi connectivity index (χ1) is 16.1. The van der Waals surface area contributed by atoms with Crippen molar-refractivity contribution >= 4 is 10.2 Å². The van der Waals surface area contributed by atoms with Crippen molar-refractivity contribution in [1.82, 2.24) is 34.0 Å². The van der Waals surface area contributed by atoms with E-state index in [1.54, 1.807) is 26.2 Å². The number of aromatic amines is 1. The van der Waals surface area contributed by atoms with Crippen LogP contribution in [0.15, 0.2) is 27.7 Å². The van der Waals surface area contributed by atoms with E-state index in [0.717, 1.165) is 11.4 Å². The topological polar surface area (TPSA) is 139 Å². The molecule has 4 rings (SSSR count). The second-order valence-electron chi connectivity index (χ2n) is 8.72. The number of H-pyrrole nitrogens is 1. The quantitative estimate of drug-likeness (QED) is 0.512. The molecule has 0 radical (unpaired) electrons. The zero-order chi connectivity index (χ0) is 24.6. The SMILES string of the molecule is Cc1ccc(F)c([C@H](C)[C@H](NS(=O)(=O)N2CCC(c3nncn3C)CC2)c2n[nH]c(=O)o2)c1C. The minimum Gasteiger partial charge on any atom is -0.391 e. The Labute approximate surface area is 196 Å². The Morgan fingerprint density at radius 1 is 1.26 bits per heavy atom. The van der Waals surface area contributed by atoms with E-state index in [-0.39, 0.29) is 24.9 Å². The number of piperidine rings is 1. The Balaban J connectivity index is 1.59. The Hall–Kier alpha value is -2.90. The average Bonchev–Trinajstić information content (AvgIpc) is 3.43. The Morgan fingerprint density at radius 2 is 1.97 bits per heavy atom. The number of aryl methyl sites for hydroxylation is 2. The van der Waals surface area contributed by atoms with Crippen molar-refractivity contribution in [2.24, 2.45) is 7.05 Å². The summed E-state index contributed by atoms with van der Waals surface area (Å²) in [7, 11) is -2.15. The first-order valence-electron chi connectivity index (χ1n) is 11.0. The van der Waals surface area contributed by atoms with E-state index in [0.29, 0.717) is 24.0 Å². The van der Waals surface area contributed by atoms with Gasteiger partial charge >= 0.3 is 5.76 Å². The predicted octanol–water partition coefficient (Wildman–Crippen LogP) is 1.81. The first-order valence-corrected chi connectivity index (χ1v) is 12.4. The average molecular weight is 494 g/mol. The third-order valence-corrected chi connectivity index (χ3v) is 8.19. The van der Waals surface area contributed by atoms with Crippen LogP contribution >= 0.6 is 0 Å². The Kier molecular flexibility index (Phi) is 6.69. The zero-order valence-electron chi connectivity index (χ0n) is 19.4. The summed E-state index contributed by atoms with van der Waals surface area (Å²) in [6, 6.07) is 1.91. The van der Waals surface area contributed by atoms with Gasteiger partial charge < -0.3 is 8.98 Å². The summed E-state index contributed by atoms with van der Waals surface area (Å²) in [6.07, 6.45) is 2.78. The van der Waals surface area contributed by atoms with E-state index in [9.17, 15) is 17.6 Å². The molecule has 13 heteroatoms. The van der Waals surface area contributed by atoms with Gasteiger partial charge in [-0.25, -0.2) is 14.3 Å². The van der Waals surface area contributed by atoms with E-state index in [2.05, 4.69) is 25.1 Å². The van der Waals surface area contributed by atoms with Gasteiger partial charge in [-0.3, -0.25) is 0 Å². The molecule has 1 saturated heterocycles. The summed E-state index contributed by atoms with van der Waals surface area (Å²) >= 11 is 0. The monoisotopic (exact) mass is 493 g/mol. The van der Waals surface area contributed by atoms with Crippen molar-refractivity contribution in [2.75, 3.05) is 13.1 Å². The van der Waals surface area contributed by atoms with Gasteiger partial charge in [0, 0.05) is 32.0 Å². The lowest BCUT2D eigenvalue weighted by molar-refractivity contribution is 0.298. The highest BCUT2D eigenvalue weighted by atomic mass is 32.2. The Morgan fingerprint density at radius 3 is 2.56 bits per heavy atom. The summed E-state index contributed by atoms with van der Waals surface area (Å²) in [5.74, 6) is -1.24. The summed E-state index contributed by atoms with van der Waals surface area (Å²) in [5, 5.41) is 14.0. The first kappa shape index (κ1) is 24.2. The molecule has 2 N–H and O–H groups in total. The van der Waals surface area contributed by atoms with Crippen LogP contribution in [0.2, 0.25) is 0 Å². The number of halogens is 1. The molecule has 11 nitrogen and oxygen atoms in total. The lowest BCUT2D eigenvalue weighted by Crippen LogP contribution is -2.47. The number of rotatable bonds is 7. The normalized spacial score (nSPS) is 17.7. The summed E-state index contributed by atoms with van der Waals surface area (Å²) in [4.78, 5) is 11.6. The third-order valence-electron chi connectivity index (χ3n) is 6.59. The Bertz CT molecular complexity index is 1320. The molecule has 1 fully saturated rings. The number of hydrogen-bond donors (Lipinski definition) is 2. The fourth-order valence-corrected chi connectivity index (χ4v) is 5.99. The van der Waals surface area contributed by atoms with Crippen LogP contribution in [-0.4, -0.2) is 50.8 Å². The molecule has 0 spiro atoms. The van der Waals surface area contributed by atoms with Gasteiger partial charge in [-0.1, -0.05) is 13.0 Å². The molecule has 1 aliphatic heterocycles. The molecular weight excluding hydrogens is 465 g/mol. The van der Waals surface area contributed by atoms with E-state index < -0.39 is 33.7 Å². The van der Waals surface area contributed by atoms with E-state index in [4.69, 9.17) is 4.42 Å². The van der Waals surface area contributed by atoms with Crippen LogP contribution < -0.4 is 10.5 Å². The lowest BCUT2D eigenvalue weighted by atomic mass is 9.88. The van der Waals surface area contributed by atoms with Crippen LogP contribution in [0, 0.1) is 19.7 Å². The maximum absolute atomic E-state index is 14.8. The summed E-state index contributed by atoms with van der Waals surface area (Å²) in [6.45, 7) is 5.84. The van der Waals surface area contributed by atoms with Gasteiger partial charge in [0.25, 0.3) is 10.2 Å². The number of benzene rings is 1. The van der Waals surface area contributed by atoms with Crippen molar-refractivity contribution in [3.63, 3.8) is 0 Å². The van der Waals surface area contributed by atoms with Gasteiger partial charge in [-0.15, -0.1) is 15.3 Å². The van der Waals surface area contributed by atoms with Crippen LogP contribution in [0.25, 0.3) is 0 Å². The van der Waals surface area contributed by atoms with E-state index >= 15 is 0 Å². The largest absolute Gasteiger partial charge is 0.434 e. The van der Waals surface area contributed by atoms with Crippen molar-refractivity contribution in [3.05, 3.63) is 63.2 Å². The highest BCUT2D eigenvalue weighted by molar-refractivity contribution is 7.87. The molecule has 0 bridgehead atoms. The minimum atomic E-state index is -4.01. The van der Waals surface area contributed by atoms with Crippen LogP contribution in [-0.2, 0) is 17.3 Å². The number of nitrogens with zero attached hydrogens (tertiary/aromatic N) is 5. The minimum absolute atomic E-state index is 0.0991. The van der Waals surface area contributed by atoms with Crippen LogP contribution in [0.4, 0.5) is 4.39 Å². The lowest BCUT2D eigenvalue weighted by Gasteiger charge is -2.32. The van der Waals surface area contributed by atoms with Crippen molar-refractivity contribution in [1.29, 1.82) is 0 Å². The van der Waals surface area contributed by atoms with Gasteiger partial charge in [0.2, 0.25) is 5.89 Å². The van der Waals surface area contributed by atoms with Gasteiger partial charge in [0.05, 0.1) is 0 Å². The maximum Gasteiger partial charge on any atom is 0.434 e. The van der Waals surface area contributed by atoms with Crippen LogP contribution in [0.5, 0.6) is 0 Å². The summed E-state index contributed by atoms with van der Waals surface area (Å²) < 4.78 is 52.4. The standard InChI is InChI=1S/C21H28FN7O4S/c1-12-5-6-16(22)17(13(12)2)14(3)18(20-25-26-21(30)33-20)27-34(31,32)29-9-7-15(8-10-29)19-24-23-11-28(19)4/h5-6,11,14-15,18,27H,7-10H2,1-4H3,(H,26,30)/t14-,18-/m0/s1. The molecular formula is C21H28FN7O4S. The molecule has 34 heavy (non-hydrogen) atoms. The second kappa shape index (κ2) is 9.39. The second-order valence-corrected chi connectivity index (χ2v) is 10.4. The van der Waals surface area contributed by atoms with Crippen molar-refractivity contribution in [3.8, 4) is 0 Å². The number of hydrogen-bond acceptors (Lipinski definition) is 7. The van der Waals surface area contributed by atoms with Crippen molar-refractivity contribution in [2.45, 2.75) is 51.5 Å². The van der Waals surface area contributed by atoms with Gasteiger partial charge in [-0.2, -0.15) is 17.4 Å². The molecule has 2 atom stereocenters. The molecule has 3 heterocycles. The highest BCUT2D eigenvalue weighted by Crippen LogP contribution is 2.35. The molecule has 0 unspecified atom stereocenters. The predicted molar refractivity (Wildman–Crippen MR) is 121 cm³/mol. The number of nitrogens with one attached hydrogen (secondary N) is 2. The third kappa shape index (κ3) is 4.68. The molecule has 184 valence electrons. The van der Waals surface area contributed by atoms with Crippen molar-refractivity contribution < 1.29 is 17.2 Å². The zero-order valence-corrected chi connectivity index (χ0v) is 20.3. The van der Waals surface area contributed by atoms with E-state index in [1.807, 2.05) is 18.5 Å². The number of aromatic nitrogens is 5. The van der Waals surface area contributed by atoms with Gasteiger partial charge in [0.15, 0.2) is 0 Å².